The molecule has 16 heavy (non-hydrogen) atoms. The van der Waals surface area contributed by atoms with E-state index in [0.717, 1.165) is 34.9 Å². The van der Waals surface area contributed by atoms with E-state index in [1.807, 2.05) is 30.1 Å². The Kier molecular flexibility index (Phi) is 5.09. The number of hydrogen-bond acceptors (Lipinski definition) is 4. The number of aromatic nitrogens is 1. The molecule has 0 saturated carbocycles. The molecule has 0 spiro atoms. The molecule has 1 aliphatic rings. The van der Waals surface area contributed by atoms with Crippen LogP contribution in [0.3, 0.4) is 0 Å². The second-order valence-electron chi connectivity index (χ2n) is 3.73. The molecule has 0 bridgehead atoms. The first-order chi connectivity index (χ1) is 7.86. The van der Waals surface area contributed by atoms with Crippen LogP contribution in [0, 0.1) is 0 Å². The summed E-state index contributed by atoms with van der Waals surface area (Å²) < 4.78 is 1.10. The molecule has 88 valence electrons. The molecular formula is C11H16BrN3S. The highest BCUT2D eigenvalue weighted by atomic mass is 79.9. The molecular weight excluding hydrogens is 286 g/mol. The number of halogens is 1. The first-order valence-corrected chi connectivity index (χ1v) is 7.30. The van der Waals surface area contributed by atoms with E-state index in [-0.39, 0.29) is 0 Å². The van der Waals surface area contributed by atoms with Gasteiger partial charge in [-0.2, -0.15) is 0 Å². The summed E-state index contributed by atoms with van der Waals surface area (Å²) in [5.74, 6) is 1.11. The predicted molar refractivity (Wildman–Crippen MR) is 72.0 cm³/mol. The molecule has 0 unspecified atom stereocenters. The fourth-order valence-electron chi connectivity index (χ4n) is 1.68. The van der Waals surface area contributed by atoms with Gasteiger partial charge in [-0.3, -0.25) is 4.90 Å². The number of hydrogen-bond donors (Lipinski definition) is 1. The summed E-state index contributed by atoms with van der Waals surface area (Å²) in [6, 6.07) is 3.99. The monoisotopic (exact) mass is 301 g/mol. The van der Waals surface area contributed by atoms with Crippen molar-refractivity contribution in [3.05, 3.63) is 22.8 Å². The van der Waals surface area contributed by atoms with Crippen molar-refractivity contribution in [3.8, 4) is 0 Å². The Morgan fingerprint density at radius 3 is 3.00 bits per heavy atom. The Hall–Kier alpha value is -0.100. The van der Waals surface area contributed by atoms with E-state index in [2.05, 4.69) is 31.1 Å². The van der Waals surface area contributed by atoms with Gasteiger partial charge in [-0.25, -0.2) is 4.98 Å². The van der Waals surface area contributed by atoms with Crippen molar-refractivity contribution in [2.24, 2.45) is 0 Å². The molecule has 0 aromatic carbocycles. The van der Waals surface area contributed by atoms with E-state index in [1.54, 1.807) is 0 Å². The molecule has 2 rings (SSSR count). The Morgan fingerprint density at radius 2 is 2.25 bits per heavy atom. The van der Waals surface area contributed by atoms with Gasteiger partial charge in [-0.1, -0.05) is 0 Å². The minimum Gasteiger partial charge on any atom is -0.314 e. The second kappa shape index (κ2) is 6.59. The van der Waals surface area contributed by atoms with Crippen LogP contribution in [0.15, 0.2) is 27.8 Å². The molecule has 0 aliphatic carbocycles. The zero-order chi connectivity index (χ0) is 11.2. The van der Waals surface area contributed by atoms with E-state index >= 15 is 0 Å². The maximum atomic E-state index is 4.35. The lowest BCUT2D eigenvalue weighted by Gasteiger charge is -2.26. The summed E-state index contributed by atoms with van der Waals surface area (Å²) in [5.41, 5.74) is 0. The lowest BCUT2D eigenvalue weighted by atomic mass is 10.4. The van der Waals surface area contributed by atoms with E-state index in [1.165, 1.54) is 13.1 Å². The number of pyridine rings is 1. The largest absolute Gasteiger partial charge is 0.314 e. The van der Waals surface area contributed by atoms with E-state index in [9.17, 15) is 0 Å². The Labute approximate surface area is 109 Å². The third kappa shape index (κ3) is 3.73. The molecule has 3 nitrogen and oxygen atoms in total. The lowest BCUT2D eigenvalue weighted by Crippen LogP contribution is -2.44. The highest BCUT2D eigenvalue weighted by Crippen LogP contribution is 2.24. The van der Waals surface area contributed by atoms with E-state index in [0.29, 0.717) is 0 Å². The predicted octanol–water partition coefficient (Wildman–Crippen LogP) is 1.84. The summed E-state index contributed by atoms with van der Waals surface area (Å²) in [7, 11) is 0. The van der Waals surface area contributed by atoms with Crippen LogP contribution in [0.2, 0.25) is 0 Å². The third-order valence-electron chi connectivity index (χ3n) is 2.58. The number of nitrogens with zero attached hydrogens (tertiary/aromatic N) is 2. The molecule has 2 heterocycles. The number of thioether (sulfide) groups is 1. The molecule has 1 aromatic heterocycles. The normalized spacial score (nSPS) is 17.6. The summed E-state index contributed by atoms with van der Waals surface area (Å²) >= 11 is 5.34. The first kappa shape index (κ1) is 12.4. The minimum absolute atomic E-state index is 1.10. The fourth-order valence-corrected chi connectivity index (χ4v) is 3.17. The maximum Gasteiger partial charge on any atom is 0.110 e. The summed E-state index contributed by atoms with van der Waals surface area (Å²) in [6.07, 6.45) is 1.85. The van der Waals surface area contributed by atoms with E-state index < -0.39 is 0 Å². The van der Waals surface area contributed by atoms with Crippen molar-refractivity contribution >= 4 is 27.7 Å². The van der Waals surface area contributed by atoms with Crippen LogP contribution < -0.4 is 5.32 Å². The van der Waals surface area contributed by atoms with Gasteiger partial charge >= 0.3 is 0 Å². The van der Waals surface area contributed by atoms with Gasteiger partial charge in [0.05, 0.1) is 0 Å². The smallest absolute Gasteiger partial charge is 0.110 e. The van der Waals surface area contributed by atoms with Gasteiger partial charge in [-0.05, 0) is 28.1 Å². The van der Waals surface area contributed by atoms with Gasteiger partial charge in [0, 0.05) is 49.1 Å². The van der Waals surface area contributed by atoms with Crippen molar-refractivity contribution in [1.29, 1.82) is 0 Å². The lowest BCUT2D eigenvalue weighted by molar-refractivity contribution is 0.255. The Morgan fingerprint density at radius 1 is 1.44 bits per heavy atom. The molecule has 0 amide bonds. The van der Waals surface area contributed by atoms with Crippen molar-refractivity contribution in [2.75, 3.05) is 38.5 Å². The Bertz CT molecular complexity index is 329. The SMILES string of the molecule is Brc1cccnc1SCCN1CCNCC1. The summed E-state index contributed by atoms with van der Waals surface area (Å²) in [6.45, 7) is 5.74. The Balaban J connectivity index is 1.73. The van der Waals surface area contributed by atoms with E-state index in [4.69, 9.17) is 0 Å². The maximum absolute atomic E-state index is 4.35. The zero-order valence-corrected chi connectivity index (χ0v) is 11.6. The molecule has 1 fully saturated rings. The minimum atomic E-state index is 1.10. The molecule has 1 N–H and O–H groups in total. The molecule has 1 aliphatic heterocycles. The van der Waals surface area contributed by atoms with Gasteiger partial charge in [0.2, 0.25) is 0 Å². The molecule has 0 radical (unpaired) electrons. The standard InChI is InChI=1S/C11H16BrN3S/c12-10-2-1-3-14-11(10)16-9-8-15-6-4-13-5-7-15/h1-3,13H,4-9H2. The van der Waals surface area contributed by atoms with Crippen LogP contribution in [0.4, 0.5) is 0 Å². The van der Waals surface area contributed by atoms with Gasteiger partial charge in [0.1, 0.15) is 5.03 Å². The van der Waals surface area contributed by atoms with Crippen LogP contribution in [-0.4, -0.2) is 48.4 Å². The van der Waals surface area contributed by atoms with Crippen molar-refractivity contribution in [3.63, 3.8) is 0 Å². The van der Waals surface area contributed by atoms with Crippen molar-refractivity contribution in [2.45, 2.75) is 5.03 Å². The van der Waals surface area contributed by atoms with Crippen molar-refractivity contribution < 1.29 is 0 Å². The number of piperazine rings is 1. The zero-order valence-electron chi connectivity index (χ0n) is 9.16. The van der Waals surface area contributed by atoms with Crippen molar-refractivity contribution in [1.82, 2.24) is 15.2 Å². The average molecular weight is 302 g/mol. The van der Waals surface area contributed by atoms with Crippen LogP contribution in [0.25, 0.3) is 0 Å². The van der Waals surface area contributed by atoms with Gasteiger partial charge < -0.3 is 5.32 Å². The van der Waals surface area contributed by atoms with Gasteiger partial charge in [0.15, 0.2) is 0 Å². The molecule has 1 saturated heterocycles. The number of nitrogens with one attached hydrogen (secondary N) is 1. The molecule has 5 heteroatoms. The van der Waals surface area contributed by atoms with Gasteiger partial charge in [-0.15, -0.1) is 11.8 Å². The summed E-state index contributed by atoms with van der Waals surface area (Å²) in [4.78, 5) is 6.85. The van der Waals surface area contributed by atoms with Crippen LogP contribution in [0.5, 0.6) is 0 Å². The summed E-state index contributed by atoms with van der Waals surface area (Å²) in [5, 5.41) is 4.46. The quantitative estimate of drug-likeness (QED) is 0.859. The van der Waals surface area contributed by atoms with Gasteiger partial charge in [0.25, 0.3) is 0 Å². The highest BCUT2D eigenvalue weighted by Gasteiger charge is 2.09. The van der Waals surface area contributed by atoms with Crippen LogP contribution in [0.1, 0.15) is 0 Å². The highest BCUT2D eigenvalue weighted by molar-refractivity contribution is 9.10. The molecule has 0 atom stereocenters. The fraction of sp³-hybridized carbons (Fsp3) is 0.545. The second-order valence-corrected chi connectivity index (χ2v) is 5.67. The molecule has 1 aromatic rings. The van der Waals surface area contributed by atoms with Crippen LogP contribution in [-0.2, 0) is 0 Å². The topological polar surface area (TPSA) is 28.2 Å². The number of rotatable bonds is 4. The third-order valence-corrected chi connectivity index (χ3v) is 4.47. The average Bonchev–Trinajstić information content (AvgIpc) is 2.33. The van der Waals surface area contributed by atoms with Crippen LogP contribution >= 0.6 is 27.7 Å². The first-order valence-electron chi connectivity index (χ1n) is 5.52.